The highest BCUT2D eigenvalue weighted by Crippen LogP contribution is 2.04. The molecule has 0 amide bonds. The zero-order valence-corrected chi connectivity index (χ0v) is 8.71. The lowest BCUT2D eigenvalue weighted by Crippen LogP contribution is -2.18. The van der Waals surface area contributed by atoms with Crippen LogP contribution in [0.25, 0.3) is 0 Å². The summed E-state index contributed by atoms with van der Waals surface area (Å²) in [4.78, 5) is 0. The molecule has 0 aromatic rings. The van der Waals surface area contributed by atoms with E-state index in [9.17, 15) is 0 Å². The summed E-state index contributed by atoms with van der Waals surface area (Å²) < 4.78 is 15.8. The molecule has 1 aliphatic heterocycles. The van der Waals surface area contributed by atoms with Crippen molar-refractivity contribution in [3.63, 3.8) is 0 Å². The van der Waals surface area contributed by atoms with Crippen molar-refractivity contribution in [2.75, 3.05) is 19.8 Å². The molecule has 70 valence electrons. The molecule has 3 nitrogen and oxygen atoms in total. The fourth-order valence-electron chi connectivity index (χ4n) is 0.856. The summed E-state index contributed by atoms with van der Waals surface area (Å²) in [5, 5.41) is 0. The lowest BCUT2D eigenvalue weighted by Gasteiger charge is -2.09. The first-order chi connectivity index (χ1) is 5.79. The Labute approximate surface area is 76.3 Å². The summed E-state index contributed by atoms with van der Waals surface area (Å²) in [6.45, 7) is 6.39. The van der Waals surface area contributed by atoms with E-state index in [2.05, 4.69) is 13.8 Å². The smallest absolute Gasteiger partial charge is 0.230 e. The van der Waals surface area contributed by atoms with Gasteiger partial charge in [0.2, 0.25) is 9.76 Å². The second-order valence-corrected chi connectivity index (χ2v) is 4.21. The van der Waals surface area contributed by atoms with Crippen LogP contribution in [0.5, 0.6) is 0 Å². The van der Waals surface area contributed by atoms with Crippen molar-refractivity contribution < 1.29 is 13.9 Å². The number of hydrogen-bond donors (Lipinski definition) is 0. The summed E-state index contributed by atoms with van der Waals surface area (Å²) in [6.07, 6.45) is -0.107. The Bertz CT molecular complexity index is 113. The summed E-state index contributed by atoms with van der Waals surface area (Å²) in [5.74, 6) is 0.716. The number of ether oxygens (including phenoxy) is 2. The quantitative estimate of drug-likeness (QED) is 0.477. The maximum atomic E-state index is 5.41. The molecule has 0 spiro atoms. The van der Waals surface area contributed by atoms with Crippen LogP contribution in [0.15, 0.2) is 0 Å². The van der Waals surface area contributed by atoms with Crippen LogP contribution in [0.1, 0.15) is 13.8 Å². The average molecular weight is 188 g/mol. The van der Waals surface area contributed by atoms with E-state index in [0.717, 1.165) is 6.04 Å². The normalized spacial score (nSPS) is 19.2. The highest BCUT2D eigenvalue weighted by atomic mass is 28.2. The van der Waals surface area contributed by atoms with Gasteiger partial charge in [0, 0.05) is 0 Å². The van der Waals surface area contributed by atoms with E-state index in [1.165, 1.54) is 0 Å². The molecule has 0 saturated carbocycles. The van der Waals surface area contributed by atoms with E-state index in [0.29, 0.717) is 35.5 Å². The second-order valence-electron chi connectivity index (χ2n) is 3.22. The third-order valence-corrected chi connectivity index (χ3v) is 2.86. The Balaban J connectivity index is 1.88. The maximum absolute atomic E-state index is 5.41. The molecule has 1 rings (SSSR count). The molecule has 12 heavy (non-hydrogen) atoms. The van der Waals surface area contributed by atoms with Crippen molar-refractivity contribution in [1.82, 2.24) is 0 Å². The first-order valence-electron chi connectivity index (χ1n) is 4.37. The van der Waals surface area contributed by atoms with Crippen molar-refractivity contribution >= 4 is 9.76 Å². The van der Waals surface area contributed by atoms with Crippen molar-refractivity contribution in [2.45, 2.75) is 26.2 Å². The molecule has 1 heterocycles. The first-order valence-corrected chi connectivity index (χ1v) is 5.48. The minimum absolute atomic E-state index is 0.107. The van der Waals surface area contributed by atoms with Gasteiger partial charge < -0.3 is 13.9 Å². The van der Waals surface area contributed by atoms with Crippen LogP contribution >= 0.6 is 0 Å². The summed E-state index contributed by atoms with van der Waals surface area (Å²) in [6, 6.07) is 1.13. The molecule has 1 saturated heterocycles. The third kappa shape index (κ3) is 4.20. The van der Waals surface area contributed by atoms with Crippen molar-refractivity contribution in [3.8, 4) is 0 Å². The van der Waals surface area contributed by atoms with Crippen LogP contribution in [-0.2, 0) is 13.9 Å². The third-order valence-electron chi connectivity index (χ3n) is 1.50. The maximum Gasteiger partial charge on any atom is 0.230 e. The van der Waals surface area contributed by atoms with Gasteiger partial charge in [-0.1, -0.05) is 13.8 Å². The van der Waals surface area contributed by atoms with E-state index in [-0.39, 0.29) is 6.29 Å². The van der Waals surface area contributed by atoms with Crippen molar-refractivity contribution in [2.24, 2.45) is 5.92 Å². The molecular formula is C8H16O3Si. The molecule has 1 fully saturated rings. The largest absolute Gasteiger partial charge is 0.412 e. The van der Waals surface area contributed by atoms with Gasteiger partial charge in [-0.3, -0.25) is 0 Å². The predicted molar refractivity (Wildman–Crippen MR) is 47.0 cm³/mol. The van der Waals surface area contributed by atoms with Gasteiger partial charge in [0.05, 0.1) is 19.8 Å². The number of hydrogen-bond acceptors (Lipinski definition) is 3. The minimum Gasteiger partial charge on any atom is -0.412 e. The Hall–Kier alpha value is 0.0969. The van der Waals surface area contributed by atoms with E-state index >= 15 is 0 Å². The Kier molecular flexibility index (Phi) is 4.83. The van der Waals surface area contributed by atoms with Gasteiger partial charge in [0.1, 0.15) is 0 Å². The molecule has 2 radical (unpaired) electrons. The highest BCUT2D eigenvalue weighted by Gasteiger charge is 2.15. The molecular weight excluding hydrogens is 172 g/mol. The minimum atomic E-state index is -0.107. The molecule has 0 aromatic carbocycles. The van der Waals surface area contributed by atoms with Crippen molar-refractivity contribution in [3.05, 3.63) is 0 Å². The Morgan fingerprint density at radius 2 is 2.08 bits per heavy atom. The predicted octanol–water partition coefficient (Wildman–Crippen LogP) is 1.07. The highest BCUT2D eigenvalue weighted by molar-refractivity contribution is 6.27. The standard InChI is InChI=1S/C8H16O3Si/c1-7(2)6-12-11-5-8-9-3-4-10-8/h7-8H,3-6H2,1-2H3. The molecule has 0 aliphatic carbocycles. The molecule has 0 unspecified atom stereocenters. The lowest BCUT2D eigenvalue weighted by molar-refractivity contribution is -0.0682. The first kappa shape index (κ1) is 10.2. The number of rotatable bonds is 5. The van der Waals surface area contributed by atoms with Gasteiger partial charge in [-0.15, -0.1) is 0 Å². The van der Waals surface area contributed by atoms with Gasteiger partial charge in [-0.25, -0.2) is 0 Å². The SMILES string of the molecule is CC(C)C[Si]OCC1OCCO1. The molecule has 4 heteroatoms. The van der Waals surface area contributed by atoms with E-state index in [1.807, 2.05) is 0 Å². The fourth-order valence-corrected chi connectivity index (χ4v) is 1.56. The van der Waals surface area contributed by atoms with Crippen LogP contribution in [0, 0.1) is 5.92 Å². The van der Waals surface area contributed by atoms with Crippen LogP contribution in [-0.4, -0.2) is 35.9 Å². The lowest BCUT2D eigenvalue weighted by atomic mass is 10.3. The monoisotopic (exact) mass is 188 g/mol. The van der Waals surface area contributed by atoms with Crippen molar-refractivity contribution in [1.29, 1.82) is 0 Å². The molecule has 0 bridgehead atoms. The van der Waals surface area contributed by atoms with Gasteiger partial charge in [-0.05, 0) is 12.0 Å². The molecule has 0 N–H and O–H groups in total. The zero-order valence-electron chi connectivity index (χ0n) is 7.71. The second kappa shape index (κ2) is 5.69. The summed E-state index contributed by atoms with van der Waals surface area (Å²) >= 11 is 0. The topological polar surface area (TPSA) is 27.7 Å². The Morgan fingerprint density at radius 3 is 2.67 bits per heavy atom. The summed E-state index contributed by atoms with van der Waals surface area (Å²) in [5.41, 5.74) is 0. The summed E-state index contributed by atoms with van der Waals surface area (Å²) in [7, 11) is 0.579. The van der Waals surface area contributed by atoms with Crippen LogP contribution < -0.4 is 0 Å². The van der Waals surface area contributed by atoms with Gasteiger partial charge >= 0.3 is 0 Å². The van der Waals surface area contributed by atoms with E-state index in [4.69, 9.17) is 13.9 Å². The van der Waals surface area contributed by atoms with E-state index < -0.39 is 0 Å². The Morgan fingerprint density at radius 1 is 1.42 bits per heavy atom. The van der Waals surface area contributed by atoms with Crippen LogP contribution in [0.3, 0.4) is 0 Å². The van der Waals surface area contributed by atoms with Gasteiger partial charge in [0.25, 0.3) is 0 Å². The zero-order chi connectivity index (χ0) is 8.81. The molecule has 1 aliphatic rings. The van der Waals surface area contributed by atoms with Gasteiger partial charge in [0.15, 0.2) is 6.29 Å². The molecule has 0 atom stereocenters. The van der Waals surface area contributed by atoms with Crippen LogP contribution in [0.2, 0.25) is 6.04 Å². The molecule has 0 aromatic heterocycles. The average Bonchev–Trinajstić information content (AvgIpc) is 2.49. The fraction of sp³-hybridized carbons (Fsp3) is 1.00. The van der Waals surface area contributed by atoms with E-state index in [1.54, 1.807) is 0 Å². The van der Waals surface area contributed by atoms with Crippen LogP contribution in [0.4, 0.5) is 0 Å². The van der Waals surface area contributed by atoms with Gasteiger partial charge in [-0.2, -0.15) is 0 Å².